The lowest BCUT2D eigenvalue weighted by Crippen LogP contribution is -2.38. The van der Waals surface area contributed by atoms with Crippen LogP contribution in [0.5, 0.6) is 0 Å². The molecule has 0 aromatic heterocycles. The van der Waals surface area contributed by atoms with Crippen LogP contribution in [0.3, 0.4) is 0 Å². The molecule has 3 amide bonds. The van der Waals surface area contributed by atoms with E-state index in [0.717, 1.165) is 16.0 Å². The van der Waals surface area contributed by atoms with E-state index in [0.29, 0.717) is 12.1 Å². The number of nitrogens with one attached hydrogen (secondary N) is 1. The van der Waals surface area contributed by atoms with Crippen LogP contribution in [-0.4, -0.2) is 52.5 Å². The van der Waals surface area contributed by atoms with Crippen LogP contribution in [0.1, 0.15) is 17.5 Å². The normalized spacial score (nSPS) is 31.8. The lowest BCUT2D eigenvalue weighted by Gasteiger charge is -2.28. The smallest absolute Gasteiger partial charge is 0.326 e. The SMILES string of the molecule is Cc1ccc(NC(=O)COC(=O)CN2C(=O)[C@@H]3[C@H]4C[C@@H]([C@H](Cl)[C@@H]4Cl)[C@@H]3C2=O)c(C)c1. The van der Waals surface area contributed by atoms with Gasteiger partial charge in [0.15, 0.2) is 6.61 Å². The van der Waals surface area contributed by atoms with E-state index in [1.54, 1.807) is 6.07 Å². The average Bonchev–Trinajstić information content (AvgIpc) is 3.29. The van der Waals surface area contributed by atoms with Crippen LogP contribution >= 0.6 is 23.2 Å². The number of esters is 1. The minimum Gasteiger partial charge on any atom is -0.454 e. The van der Waals surface area contributed by atoms with Crippen LogP contribution in [0.15, 0.2) is 18.2 Å². The van der Waals surface area contributed by atoms with Crippen LogP contribution in [0.2, 0.25) is 0 Å². The molecule has 7 nitrogen and oxygen atoms in total. The van der Waals surface area contributed by atoms with Gasteiger partial charge in [-0.1, -0.05) is 17.7 Å². The first kappa shape index (κ1) is 21.1. The number of imide groups is 1. The first-order valence-electron chi connectivity index (χ1n) is 9.85. The zero-order valence-corrected chi connectivity index (χ0v) is 18.1. The highest BCUT2D eigenvalue weighted by Gasteiger charge is 2.66. The molecule has 1 heterocycles. The Morgan fingerprint density at radius 1 is 1.10 bits per heavy atom. The number of hydrogen-bond donors (Lipinski definition) is 1. The van der Waals surface area contributed by atoms with Gasteiger partial charge in [-0.2, -0.15) is 0 Å². The number of carbonyl (C=O) groups excluding carboxylic acids is 4. The molecule has 0 unspecified atom stereocenters. The highest BCUT2D eigenvalue weighted by molar-refractivity contribution is 6.31. The van der Waals surface area contributed by atoms with Gasteiger partial charge in [0.1, 0.15) is 6.54 Å². The molecule has 2 aliphatic carbocycles. The van der Waals surface area contributed by atoms with Crippen molar-refractivity contribution in [1.29, 1.82) is 0 Å². The van der Waals surface area contributed by atoms with E-state index < -0.39 is 48.7 Å². The zero-order chi connectivity index (χ0) is 21.7. The standard InChI is InChI=1S/C21H22Cl2N2O5/c1-9-3-4-13(10(2)5-9)24-14(26)8-30-15(27)7-25-20(28)16-11-6-12(17(16)21(25)29)19(23)18(11)22/h3-5,11-12,16-19H,6-8H2,1-2H3,(H,24,26)/t11-,12-,16-,17+,18-,19+/m1/s1. The molecule has 1 saturated heterocycles. The van der Waals surface area contributed by atoms with Gasteiger partial charge in [0.2, 0.25) is 11.8 Å². The second kappa shape index (κ2) is 7.85. The molecule has 2 bridgehead atoms. The number of rotatable bonds is 5. The molecule has 0 spiro atoms. The van der Waals surface area contributed by atoms with Gasteiger partial charge in [0.05, 0.1) is 22.6 Å². The van der Waals surface area contributed by atoms with Crippen molar-refractivity contribution in [2.75, 3.05) is 18.5 Å². The fourth-order valence-electron chi connectivity index (χ4n) is 5.03. The summed E-state index contributed by atoms with van der Waals surface area (Å²) < 4.78 is 4.98. The third kappa shape index (κ3) is 3.48. The predicted octanol–water partition coefficient (Wildman–Crippen LogP) is 2.25. The maximum atomic E-state index is 12.7. The fraction of sp³-hybridized carbons (Fsp3) is 0.524. The van der Waals surface area contributed by atoms with Crippen molar-refractivity contribution in [2.24, 2.45) is 23.7 Å². The zero-order valence-electron chi connectivity index (χ0n) is 16.6. The van der Waals surface area contributed by atoms with E-state index in [2.05, 4.69) is 5.32 Å². The van der Waals surface area contributed by atoms with Crippen LogP contribution in [0.25, 0.3) is 0 Å². The van der Waals surface area contributed by atoms with Crippen LogP contribution < -0.4 is 5.32 Å². The number of anilines is 1. The van der Waals surface area contributed by atoms with Gasteiger partial charge in [-0.3, -0.25) is 24.1 Å². The van der Waals surface area contributed by atoms with Gasteiger partial charge >= 0.3 is 5.97 Å². The lowest BCUT2D eigenvalue weighted by atomic mass is 9.80. The topological polar surface area (TPSA) is 92.8 Å². The Balaban J connectivity index is 1.32. The summed E-state index contributed by atoms with van der Waals surface area (Å²) in [4.78, 5) is 50.7. The number of aryl methyl sites for hydroxylation is 2. The van der Waals surface area contributed by atoms with Crippen molar-refractivity contribution in [3.63, 3.8) is 0 Å². The lowest BCUT2D eigenvalue weighted by molar-refractivity contribution is -0.154. The van der Waals surface area contributed by atoms with Gasteiger partial charge in [0, 0.05) is 5.69 Å². The number of alkyl halides is 2. The summed E-state index contributed by atoms with van der Waals surface area (Å²) in [7, 11) is 0. The maximum Gasteiger partial charge on any atom is 0.326 e. The molecule has 0 radical (unpaired) electrons. The highest BCUT2D eigenvalue weighted by Crippen LogP contribution is 2.59. The van der Waals surface area contributed by atoms with Crippen molar-refractivity contribution in [1.82, 2.24) is 4.90 Å². The van der Waals surface area contributed by atoms with E-state index in [9.17, 15) is 19.2 Å². The van der Waals surface area contributed by atoms with Gasteiger partial charge in [-0.25, -0.2) is 0 Å². The highest BCUT2D eigenvalue weighted by atomic mass is 35.5. The number of benzene rings is 1. The van der Waals surface area contributed by atoms with Crippen LogP contribution in [0.4, 0.5) is 5.69 Å². The Morgan fingerprint density at radius 3 is 2.27 bits per heavy atom. The first-order chi connectivity index (χ1) is 14.2. The molecule has 9 heteroatoms. The van der Waals surface area contributed by atoms with Gasteiger partial charge in [0.25, 0.3) is 5.91 Å². The molecule has 2 saturated carbocycles. The summed E-state index contributed by atoms with van der Waals surface area (Å²) in [6, 6.07) is 5.56. The number of halogens is 2. The van der Waals surface area contributed by atoms with Crippen LogP contribution in [0, 0.1) is 37.5 Å². The molecule has 3 fully saturated rings. The van der Waals surface area contributed by atoms with E-state index in [1.807, 2.05) is 26.0 Å². The summed E-state index contributed by atoms with van der Waals surface area (Å²) in [6.45, 7) is 2.79. The van der Waals surface area contributed by atoms with E-state index >= 15 is 0 Å². The number of fused-ring (bicyclic) bond motifs is 5. The molecular weight excluding hydrogens is 431 g/mol. The van der Waals surface area contributed by atoms with Crippen molar-refractivity contribution >= 4 is 52.6 Å². The van der Waals surface area contributed by atoms with Crippen molar-refractivity contribution in [2.45, 2.75) is 31.0 Å². The Morgan fingerprint density at radius 2 is 1.70 bits per heavy atom. The number of likely N-dealkylation sites (tertiary alicyclic amines) is 1. The minimum atomic E-state index is -0.815. The second-order valence-corrected chi connectivity index (χ2v) is 9.30. The number of ether oxygens (including phenoxy) is 1. The summed E-state index contributed by atoms with van der Waals surface area (Å²) in [5.41, 5.74) is 2.58. The van der Waals surface area contributed by atoms with E-state index in [-0.39, 0.29) is 22.6 Å². The second-order valence-electron chi connectivity index (χ2n) is 8.29. The molecule has 30 heavy (non-hydrogen) atoms. The Hall–Kier alpha value is -2.12. The third-order valence-corrected chi connectivity index (χ3v) is 7.71. The first-order valence-corrected chi connectivity index (χ1v) is 10.7. The molecule has 160 valence electrons. The molecule has 6 atom stereocenters. The molecule has 1 aromatic carbocycles. The molecule has 1 aromatic rings. The third-order valence-electron chi connectivity index (χ3n) is 6.39. The number of hydrogen-bond acceptors (Lipinski definition) is 5. The Labute approximate surface area is 184 Å². The molecule has 3 aliphatic rings. The molecule has 4 rings (SSSR count). The van der Waals surface area contributed by atoms with Crippen LogP contribution in [-0.2, 0) is 23.9 Å². The summed E-state index contributed by atoms with van der Waals surface area (Å²) >= 11 is 12.6. The number of amides is 3. The monoisotopic (exact) mass is 452 g/mol. The van der Waals surface area contributed by atoms with E-state index in [4.69, 9.17) is 27.9 Å². The van der Waals surface area contributed by atoms with Crippen molar-refractivity contribution in [3.05, 3.63) is 29.3 Å². The summed E-state index contributed by atoms with van der Waals surface area (Å²) in [6.07, 6.45) is 0.659. The fourth-order valence-corrected chi connectivity index (χ4v) is 5.92. The Bertz CT molecular complexity index is 904. The van der Waals surface area contributed by atoms with Gasteiger partial charge in [-0.15, -0.1) is 23.2 Å². The van der Waals surface area contributed by atoms with E-state index in [1.165, 1.54) is 0 Å². The average molecular weight is 453 g/mol. The van der Waals surface area contributed by atoms with Crippen molar-refractivity contribution < 1.29 is 23.9 Å². The maximum absolute atomic E-state index is 12.7. The number of nitrogens with zero attached hydrogens (tertiary/aromatic N) is 1. The predicted molar refractivity (Wildman–Crippen MR) is 110 cm³/mol. The summed E-state index contributed by atoms with van der Waals surface area (Å²) in [5, 5.41) is 1.97. The minimum absolute atomic E-state index is 0.148. The largest absolute Gasteiger partial charge is 0.454 e. The Kier molecular flexibility index (Phi) is 5.53. The molecular formula is C21H22Cl2N2O5. The quantitative estimate of drug-likeness (QED) is 0.420. The van der Waals surface area contributed by atoms with Crippen molar-refractivity contribution in [3.8, 4) is 0 Å². The molecule has 1 N–H and O–H groups in total. The summed E-state index contributed by atoms with van der Waals surface area (Å²) in [5.74, 6) is -3.44. The molecule has 1 aliphatic heterocycles. The van der Waals surface area contributed by atoms with Gasteiger partial charge in [-0.05, 0) is 43.7 Å². The van der Waals surface area contributed by atoms with Gasteiger partial charge < -0.3 is 10.1 Å². The number of carbonyl (C=O) groups is 4.